The van der Waals surface area contributed by atoms with Crippen LogP contribution in [0.25, 0.3) is 6.08 Å². The number of aryl methyl sites for hydroxylation is 2. The molecule has 5 nitrogen and oxygen atoms in total. The van der Waals surface area contributed by atoms with Crippen LogP contribution in [0.4, 0.5) is 5.13 Å². The van der Waals surface area contributed by atoms with Crippen LogP contribution < -0.4 is 14.8 Å². The normalized spacial score (nSPS) is 15.9. The summed E-state index contributed by atoms with van der Waals surface area (Å²) in [5.74, 6) is 0.968. The summed E-state index contributed by atoms with van der Waals surface area (Å²) in [4.78, 5) is 17.9. The Labute approximate surface area is 154 Å². The van der Waals surface area contributed by atoms with Crippen molar-refractivity contribution < 1.29 is 14.3 Å². The minimum Gasteiger partial charge on any atom is -0.489 e. The molecule has 0 spiro atoms. The maximum atomic E-state index is 12.1. The zero-order valence-corrected chi connectivity index (χ0v) is 15.1. The molecule has 4 rings (SSSR count). The molecule has 0 saturated carbocycles. The van der Waals surface area contributed by atoms with Crippen molar-refractivity contribution in [2.24, 2.45) is 0 Å². The molecule has 25 heavy (non-hydrogen) atoms. The van der Waals surface area contributed by atoms with Gasteiger partial charge in [0.2, 0.25) is 5.91 Å². The smallest absolute Gasteiger partial charge is 0.250 e. The summed E-state index contributed by atoms with van der Waals surface area (Å²) in [6.07, 6.45) is 7.23. The first-order valence-electron chi connectivity index (χ1n) is 8.26. The fourth-order valence-electron chi connectivity index (χ4n) is 2.91. The van der Waals surface area contributed by atoms with Gasteiger partial charge in [0.1, 0.15) is 0 Å². The quantitative estimate of drug-likeness (QED) is 0.819. The molecule has 2 heterocycles. The number of amides is 1. The third kappa shape index (κ3) is 3.65. The molecule has 0 bridgehead atoms. The number of ether oxygens (including phenoxy) is 2. The van der Waals surface area contributed by atoms with Crippen molar-refractivity contribution in [1.82, 2.24) is 4.98 Å². The monoisotopic (exact) mass is 376 g/mol. The number of carbonyl (C=O) groups excluding carboxylic acids is 1. The van der Waals surface area contributed by atoms with Gasteiger partial charge >= 0.3 is 0 Å². The molecule has 7 heteroatoms. The molecule has 1 amide bonds. The Bertz CT molecular complexity index is 826. The van der Waals surface area contributed by atoms with E-state index in [4.69, 9.17) is 21.1 Å². The van der Waals surface area contributed by atoms with Gasteiger partial charge in [-0.2, -0.15) is 0 Å². The molecule has 0 radical (unpaired) electrons. The minimum absolute atomic E-state index is 0.212. The number of benzene rings is 1. The fourth-order valence-corrected chi connectivity index (χ4v) is 4.24. The number of hydrogen-bond acceptors (Lipinski definition) is 5. The number of nitrogens with one attached hydrogen (secondary N) is 1. The third-order valence-corrected chi connectivity index (χ3v) is 5.43. The van der Waals surface area contributed by atoms with E-state index in [0.717, 1.165) is 36.9 Å². The van der Waals surface area contributed by atoms with E-state index in [1.54, 1.807) is 23.5 Å². The number of nitrogens with zero attached hydrogens (tertiary/aromatic N) is 1. The Morgan fingerprint density at radius 2 is 2.12 bits per heavy atom. The van der Waals surface area contributed by atoms with E-state index in [1.807, 2.05) is 6.07 Å². The van der Waals surface area contributed by atoms with Crippen molar-refractivity contribution in [3.8, 4) is 11.5 Å². The number of thiazole rings is 1. The second kappa shape index (κ2) is 7.06. The van der Waals surface area contributed by atoms with Crippen LogP contribution in [0.1, 0.15) is 29.0 Å². The van der Waals surface area contributed by atoms with Crippen molar-refractivity contribution in [2.75, 3.05) is 18.5 Å². The van der Waals surface area contributed by atoms with E-state index in [9.17, 15) is 4.79 Å². The highest BCUT2D eigenvalue weighted by atomic mass is 35.5. The van der Waals surface area contributed by atoms with Gasteiger partial charge in [-0.15, -0.1) is 11.3 Å². The first-order chi connectivity index (χ1) is 12.2. The van der Waals surface area contributed by atoms with Crippen LogP contribution in [0.3, 0.4) is 0 Å². The highest BCUT2D eigenvalue weighted by Crippen LogP contribution is 2.38. The number of fused-ring (bicyclic) bond motifs is 2. The number of halogens is 1. The molecule has 2 aliphatic rings. The lowest BCUT2D eigenvalue weighted by Crippen LogP contribution is -2.07. The molecule has 1 aromatic carbocycles. The van der Waals surface area contributed by atoms with Gasteiger partial charge in [0, 0.05) is 17.4 Å². The molecule has 0 saturated heterocycles. The fraction of sp³-hybridized carbons (Fsp3) is 0.333. The van der Waals surface area contributed by atoms with E-state index in [-0.39, 0.29) is 5.91 Å². The largest absolute Gasteiger partial charge is 0.489 e. The van der Waals surface area contributed by atoms with Crippen LogP contribution in [0.5, 0.6) is 11.5 Å². The van der Waals surface area contributed by atoms with Crippen LogP contribution >= 0.6 is 22.9 Å². The molecule has 0 fully saturated rings. The van der Waals surface area contributed by atoms with Crippen LogP contribution in [-0.4, -0.2) is 24.1 Å². The van der Waals surface area contributed by atoms with Crippen molar-refractivity contribution in [3.63, 3.8) is 0 Å². The number of rotatable bonds is 3. The second-order valence-corrected chi connectivity index (χ2v) is 7.44. The Morgan fingerprint density at radius 1 is 1.24 bits per heavy atom. The zero-order valence-electron chi connectivity index (χ0n) is 13.5. The highest BCUT2D eigenvalue weighted by Gasteiger charge is 2.17. The number of carbonyl (C=O) groups is 1. The topological polar surface area (TPSA) is 60.5 Å². The van der Waals surface area contributed by atoms with Gasteiger partial charge in [0.15, 0.2) is 16.6 Å². The minimum atomic E-state index is -0.212. The summed E-state index contributed by atoms with van der Waals surface area (Å²) in [7, 11) is 0. The van der Waals surface area contributed by atoms with Gasteiger partial charge in [0.05, 0.1) is 23.9 Å². The Balaban J connectivity index is 1.46. The summed E-state index contributed by atoms with van der Waals surface area (Å²) in [6.45, 7) is 1.17. The zero-order chi connectivity index (χ0) is 17.2. The second-order valence-electron chi connectivity index (χ2n) is 5.95. The summed E-state index contributed by atoms with van der Waals surface area (Å²) in [5, 5.41) is 3.97. The Kier molecular flexibility index (Phi) is 4.63. The van der Waals surface area contributed by atoms with Gasteiger partial charge in [-0.25, -0.2) is 4.98 Å². The Hall–Kier alpha value is -2.05. The van der Waals surface area contributed by atoms with Gasteiger partial charge in [-0.05, 0) is 43.0 Å². The van der Waals surface area contributed by atoms with E-state index in [0.29, 0.717) is 34.9 Å². The molecule has 0 unspecified atom stereocenters. The summed E-state index contributed by atoms with van der Waals surface area (Å²) < 4.78 is 11.3. The van der Waals surface area contributed by atoms with Crippen molar-refractivity contribution in [3.05, 3.63) is 39.4 Å². The lowest BCUT2D eigenvalue weighted by Gasteiger charge is -2.09. The van der Waals surface area contributed by atoms with Gasteiger partial charge in [-0.1, -0.05) is 11.6 Å². The van der Waals surface area contributed by atoms with Gasteiger partial charge in [0.25, 0.3) is 0 Å². The van der Waals surface area contributed by atoms with Crippen LogP contribution in [0, 0.1) is 0 Å². The van der Waals surface area contributed by atoms with Gasteiger partial charge in [-0.3, -0.25) is 10.1 Å². The summed E-state index contributed by atoms with van der Waals surface area (Å²) in [5.41, 5.74) is 1.91. The molecule has 1 N–H and O–H groups in total. The first kappa shape index (κ1) is 16.4. The van der Waals surface area contributed by atoms with Crippen molar-refractivity contribution in [1.29, 1.82) is 0 Å². The maximum Gasteiger partial charge on any atom is 0.250 e. The van der Waals surface area contributed by atoms with Crippen LogP contribution in [-0.2, 0) is 17.6 Å². The van der Waals surface area contributed by atoms with Crippen LogP contribution in [0.15, 0.2) is 18.2 Å². The molecule has 130 valence electrons. The molecular formula is C18H17ClN2O3S. The average molecular weight is 377 g/mol. The lowest BCUT2D eigenvalue weighted by molar-refractivity contribution is -0.111. The maximum absolute atomic E-state index is 12.1. The van der Waals surface area contributed by atoms with E-state index >= 15 is 0 Å². The van der Waals surface area contributed by atoms with E-state index in [2.05, 4.69) is 10.3 Å². The number of hydrogen-bond donors (Lipinski definition) is 1. The molecule has 1 aromatic heterocycles. The predicted octanol–water partition coefficient (Wildman–Crippen LogP) is 4.10. The predicted molar refractivity (Wildman–Crippen MR) is 98.9 cm³/mol. The molecule has 1 aliphatic heterocycles. The summed E-state index contributed by atoms with van der Waals surface area (Å²) in [6, 6.07) is 3.59. The summed E-state index contributed by atoms with van der Waals surface area (Å²) >= 11 is 7.82. The van der Waals surface area contributed by atoms with E-state index < -0.39 is 0 Å². The number of anilines is 1. The third-order valence-electron chi connectivity index (χ3n) is 4.08. The van der Waals surface area contributed by atoms with Gasteiger partial charge < -0.3 is 9.47 Å². The van der Waals surface area contributed by atoms with Crippen LogP contribution in [0.2, 0.25) is 5.02 Å². The first-order valence-corrected chi connectivity index (χ1v) is 9.45. The molecular weight excluding hydrogens is 360 g/mol. The standard InChI is InChI=1S/C18H17ClN2O3S/c19-12-9-11(10-14-17(12)24-8-2-7-23-14)5-6-16(22)21-18-20-13-3-1-4-15(13)25-18/h5-6,9-10H,1-4,7-8H2,(H,20,21,22)/b6-5+. The molecule has 2 aromatic rings. The number of aromatic nitrogens is 1. The van der Waals surface area contributed by atoms with Crippen molar-refractivity contribution in [2.45, 2.75) is 25.7 Å². The van der Waals surface area contributed by atoms with Crippen molar-refractivity contribution >= 4 is 40.1 Å². The molecule has 0 atom stereocenters. The molecule has 1 aliphatic carbocycles. The highest BCUT2D eigenvalue weighted by molar-refractivity contribution is 7.15. The lowest BCUT2D eigenvalue weighted by atomic mass is 10.2. The average Bonchev–Trinajstić information content (AvgIpc) is 3.07. The Morgan fingerprint density at radius 3 is 3.00 bits per heavy atom. The van der Waals surface area contributed by atoms with E-state index in [1.165, 1.54) is 11.0 Å². The SMILES string of the molecule is O=C(/C=C/c1cc(Cl)c2c(c1)OCCCO2)Nc1nc2c(s1)CCC2.